The summed E-state index contributed by atoms with van der Waals surface area (Å²) in [5.74, 6) is -0.848. The quantitative estimate of drug-likeness (QED) is 0.256. The highest BCUT2D eigenvalue weighted by Crippen LogP contribution is 2.36. The number of carbonyl (C=O) groups is 1. The second-order valence-corrected chi connectivity index (χ2v) is 10.1. The van der Waals surface area contributed by atoms with Gasteiger partial charge in [-0.05, 0) is 29.8 Å². The third-order valence-electron chi connectivity index (χ3n) is 7.69. The second kappa shape index (κ2) is 11.3. The molecular formula is C30H33F2N2O3+. The Bertz CT molecular complexity index is 1180. The highest BCUT2D eigenvalue weighted by atomic mass is 19.1. The third-order valence-corrected chi connectivity index (χ3v) is 7.69. The van der Waals surface area contributed by atoms with Crippen LogP contribution in [0.5, 0.6) is 5.75 Å². The molecule has 0 spiro atoms. The van der Waals surface area contributed by atoms with Crippen LogP contribution in [0.3, 0.4) is 0 Å². The molecule has 6 rings (SSSR count). The fourth-order valence-electron chi connectivity index (χ4n) is 5.67. The third kappa shape index (κ3) is 6.10. The zero-order valence-electron chi connectivity index (χ0n) is 20.9. The van der Waals surface area contributed by atoms with E-state index in [-0.39, 0.29) is 17.9 Å². The molecular weight excluding hydrogens is 474 g/mol. The number of ether oxygens (including phenoxy) is 2. The minimum Gasteiger partial charge on any atom is -0.490 e. The van der Waals surface area contributed by atoms with Gasteiger partial charge in [0, 0.05) is 36.9 Å². The van der Waals surface area contributed by atoms with Crippen molar-refractivity contribution in [3.8, 4) is 5.75 Å². The molecule has 0 unspecified atom stereocenters. The highest BCUT2D eigenvalue weighted by Gasteiger charge is 2.47. The van der Waals surface area contributed by atoms with E-state index in [4.69, 9.17) is 9.47 Å². The fourth-order valence-corrected chi connectivity index (χ4v) is 5.67. The van der Waals surface area contributed by atoms with Crippen molar-refractivity contribution in [2.24, 2.45) is 5.92 Å². The Balaban J connectivity index is 1.20. The van der Waals surface area contributed by atoms with Crippen LogP contribution in [0.1, 0.15) is 24.8 Å². The molecule has 3 heterocycles. The molecule has 3 aliphatic heterocycles. The van der Waals surface area contributed by atoms with Crippen molar-refractivity contribution in [1.82, 2.24) is 0 Å². The molecule has 0 aliphatic carbocycles. The van der Waals surface area contributed by atoms with Crippen molar-refractivity contribution in [1.29, 1.82) is 0 Å². The van der Waals surface area contributed by atoms with Gasteiger partial charge in [0.1, 0.15) is 12.4 Å². The summed E-state index contributed by atoms with van der Waals surface area (Å²) in [6, 6.07) is 22.9. The zero-order valence-corrected chi connectivity index (χ0v) is 20.9. The number of para-hydroxylation sites is 1. The lowest BCUT2D eigenvalue weighted by molar-refractivity contribution is -0.946. The van der Waals surface area contributed by atoms with Crippen molar-refractivity contribution < 1.29 is 27.5 Å². The summed E-state index contributed by atoms with van der Waals surface area (Å²) in [6.07, 6.45) is 2.34. The van der Waals surface area contributed by atoms with Gasteiger partial charge in [0.05, 0.1) is 32.8 Å². The predicted octanol–water partition coefficient (Wildman–Crippen LogP) is 6.19. The van der Waals surface area contributed by atoms with Crippen LogP contribution in [0.25, 0.3) is 0 Å². The maximum Gasteiger partial charge on any atom is 0.415 e. The van der Waals surface area contributed by atoms with Crippen LogP contribution in [-0.2, 0) is 11.3 Å². The number of hydrogen-bond donors (Lipinski definition) is 0. The van der Waals surface area contributed by atoms with Crippen LogP contribution in [0.2, 0.25) is 0 Å². The number of quaternary nitrogens is 1. The summed E-state index contributed by atoms with van der Waals surface area (Å²) in [5, 5.41) is 0. The van der Waals surface area contributed by atoms with Gasteiger partial charge in [-0.1, -0.05) is 48.5 Å². The Morgan fingerprint density at radius 3 is 2.35 bits per heavy atom. The average molecular weight is 508 g/mol. The van der Waals surface area contributed by atoms with Gasteiger partial charge in [-0.3, -0.25) is 4.90 Å². The highest BCUT2D eigenvalue weighted by molar-refractivity contribution is 5.87. The molecule has 7 heteroatoms. The number of hydrogen-bond acceptors (Lipinski definition) is 3. The van der Waals surface area contributed by atoms with E-state index in [1.807, 2.05) is 60.7 Å². The summed E-state index contributed by atoms with van der Waals surface area (Å²) >= 11 is 0. The molecule has 3 aromatic carbocycles. The van der Waals surface area contributed by atoms with E-state index in [2.05, 4.69) is 0 Å². The Kier molecular flexibility index (Phi) is 7.70. The van der Waals surface area contributed by atoms with Crippen LogP contribution >= 0.6 is 0 Å². The molecule has 0 aromatic heterocycles. The Hall–Kier alpha value is -3.45. The average Bonchev–Trinajstić information content (AvgIpc) is 2.92. The van der Waals surface area contributed by atoms with Gasteiger partial charge >= 0.3 is 6.09 Å². The molecule has 0 N–H and O–H groups in total. The van der Waals surface area contributed by atoms with Gasteiger partial charge in [0.2, 0.25) is 0 Å². The van der Waals surface area contributed by atoms with Crippen LogP contribution in [-0.4, -0.2) is 49.5 Å². The number of nitrogens with zero attached hydrogens (tertiary/aromatic N) is 2. The molecule has 3 saturated heterocycles. The first kappa shape index (κ1) is 25.2. The standard InChI is InChI=1S/C30H33F2N2O3/c31-25-12-13-28(27(32)20-25)36-19-7-16-34-17-14-24(15-18-34)29(22-34)37-30(35)33(26-10-5-2-6-11-26)21-23-8-3-1-4-9-23/h1-6,8-13,20,24,29H,7,14-19,21-22H2/q+1/t24?,29-,34?/m0/s1. The van der Waals surface area contributed by atoms with E-state index in [0.29, 0.717) is 19.1 Å². The molecule has 2 bridgehead atoms. The summed E-state index contributed by atoms with van der Waals surface area (Å²) in [6.45, 7) is 4.56. The minimum atomic E-state index is -0.684. The van der Waals surface area contributed by atoms with Gasteiger partial charge in [-0.15, -0.1) is 0 Å². The Morgan fingerprint density at radius 2 is 1.65 bits per heavy atom. The van der Waals surface area contributed by atoms with E-state index >= 15 is 0 Å². The lowest BCUT2D eigenvalue weighted by Crippen LogP contribution is -2.65. The summed E-state index contributed by atoms with van der Waals surface area (Å²) < 4.78 is 39.6. The predicted molar refractivity (Wildman–Crippen MR) is 138 cm³/mol. The van der Waals surface area contributed by atoms with Crippen molar-refractivity contribution in [3.63, 3.8) is 0 Å². The molecule has 3 fully saturated rings. The fraction of sp³-hybridized carbons (Fsp3) is 0.367. The molecule has 3 aromatic rings. The number of amides is 1. The molecule has 0 saturated carbocycles. The zero-order chi connectivity index (χ0) is 25.7. The summed E-state index contributed by atoms with van der Waals surface area (Å²) in [7, 11) is 0. The minimum absolute atomic E-state index is 0.0741. The van der Waals surface area contributed by atoms with Crippen molar-refractivity contribution in [2.75, 3.05) is 37.7 Å². The van der Waals surface area contributed by atoms with E-state index in [9.17, 15) is 13.6 Å². The molecule has 1 amide bonds. The van der Waals surface area contributed by atoms with Crippen LogP contribution in [0.15, 0.2) is 78.9 Å². The van der Waals surface area contributed by atoms with Gasteiger partial charge in [0.15, 0.2) is 17.7 Å². The van der Waals surface area contributed by atoms with E-state index in [1.165, 1.54) is 12.1 Å². The topological polar surface area (TPSA) is 38.8 Å². The maximum absolute atomic E-state index is 13.9. The van der Waals surface area contributed by atoms with Gasteiger partial charge in [-0.2, -0.15) is 0 Å². The van der Waals surface area contributed by atoms with Crippen molar-refractivity contribution >= 4 is 11.8 Å². The number of benzene rings is 3. The first-order valence-electron chi connectivity index (χ1n) is 13.0. The van der Waals surface area contributed by atoms with Gasteiger partial charge in [-0.25, -0.2) is 13.6 Å². The molecule has 3 aliphatic rings. The SMILES string of the molecule is O=C(O[C@H]1C[N+]2(CCCOc3ccc(F)cc3F)CCC1CC2)N(Cc1ccccc1)c1ccccc1. The number of rotatable bonds is 9. The number of fused-ring (bicyclic) bond motifs is 3. The first-order valence-corrected chi connectivity index (χ1v) is 13.0. The number of carbonyl (C=O) groups excluding carboxylic acids is 1. The van der Waals surface area contributed by atoms with Crippen molar-refractivity contribution in [3.05, 3.63) is 96.1 Å². The van der Waals surface area contributed by atoms with Crippen molar-refractivity contribution in [2.45, 2.75) is 31.9 Å². The number of halogens is 2. The smallest absolute Gasteiger partial charge is 0.415 e. The number of anilines is 1. The first-order chi connectivity index (χ1) is 18.0. The van der Waals surface area contributed by atoms with Crippen LogP contribution in [0, 0.1) is 17.6 Å². The van der Waals surface area contributed by atoms with Gasteiger partial charge in [0.25, 0.3) is 0 Å². The monoisotopic (exact) mass is 507 g/mol. The van der Waals surface area contributed by atoms with Gasteiger partial charge < -0.3 is 14.0 Å². The summed E-state index contributed by atoms with van der Waals surface area (Å²) in [5.41, 5.74) is 1.85. The van der Waals surface area contributed by atoms with E-state index in [0.717, 1.165) is 67.2 Å². The molecule has 37 heavy (non-hydrogen) atoms. The molecule has 5 nitrogen and oxygen atoms in total. The van der Waals surface area contributed by atoms with E-state index in [1.54, 1.807) is 4.90 Å². The lowest BCUT2D eigenvalue weighted by Gasteiger charge is -2.52. The number of piperidine rings is 3. The Labute approximate surface area is 216 Å². The second-order valence-electron chi connectivity index (χ2n) is 10.1. The van der Waals surface area contributed by atoms with Crippen LogP contribution in [0.4, 0.5) is 19.3 Å². The molecule has 0 radical (unpaired) electrons. The summed E-state index contributed by atoms with van der Waals surface area (Å²) in [4.78, 5) is 15.2. The maximum atomic E-state index is 13.9. The normalized spacial score (nSPS) is 22.4. The van der Waals surface area contributed by atoms with Crippen LogP contribution < -0.4 is 9.64 Å². The molecule has 194 valence electrons. The molecule has 1 atom stereocenters. The Morgan fingerprint density at radius 1 is 0.946 bits per heavy atom. The largest absolute Gasteiger partial charge is 0.490 e. The lowest BCUT2D eigenvalue weighted by atomic mass is 9.83. The van der Waals surface area contributed by atoms with E-state index < -0.39 is 11.6 Å².